The Balaban J connectivity index is 3.64. The molecule has 0 saturated heterocycles. The van der Waals surface area contributed by atoms with Gasteiger partial charge >= 0.3 is 0 Å². The third kappa shape index (κ3) is 32.8. The normalized spacial score (nSPS) is 14.1. The van der Waals surface area contributed by atoms with Crippen molar-refractivity contribution < 1.29 is 15.0 Å². The summed E-state index contributed by atoms with van der Waals surface area (Å²) >= 11 is 0. The fourth-order valence-corrected chi connectivity index (χ4v) is 4.85. The zero-order valence-electron chi connectivity index (χ0n) is 29.1. The van der Waals surface area contributed by atoms with Crippen LogP contribution in [0.25, 0.3) is 0 Å². The molecule has 0 aromatic carbocycles. The molecule has 2 atom stereocenters. The Morgan fingerprint density at radius 3 is 1.47 bits per heavy atom. The second-order valence-electron chi connectivity index (χ2n) is 11.9. The number of carbonyl (C=O) groups is 1. The Bertz CT molecular complexity index is 849. The zero-order chi connectivity index (χ0) is 32.9. The molecule has 0 aliphatic carbocycles. The van der Waals surface area contributed by atoms with Crippen LogP contribution in [0.4, 0.5) is 0 Å². The van der Waals surface area contributed by atoms with E-state index in [2.05, 4.69) is 92.1 Å². The number of hydrogen-bond acceptors (Lipinski definition) is 3. The van der Waals surface area contributed by atoms with Crippen LogP contribution in [0.3, 0.4) is 0 Å². The van der Waals surface area contributed by atoms with Crippen molar-refractivity contribution in [3.63, 3.8) is 0 Å². The van der Waals surface area contributed by atoms with Crippen LogP contribution >= 0.6 is 0 Å². The van der Waals surface area contributed by atoms with Crippen molar-refractivity contribution in [2.24, 2.45) is 0 Å². The van der Waals surface area contributed by atoms with E-state index in [0.29, 0.717) is 6.42 Å². The zero-order valence-corrected chi connectivity index (χ0v) is 29.1. The van der Waals surface area contributed by atoms with Gasteiger partial charge in [0.15, 0.2) is 0 Å². The van der Waals surface area contributed by atoms with Gasteiger partial charge in [-0.05, 0) is 77.0 Å². The molecule has 45 heavy (non-hydrogen) atoms. The minimum Gasteiger partial charge on any atom is -0.394 e. The molecule has 3 N–H and O–H groups in total. The quantitative estimate of drug-likeness (QED) is 0.0531. The van der Waals surface area contributed by atoms with Crippen LogP contribution in [0, 0.1) is 0 Å². The van der Waals surface area contributed by atoms with Gasteiger partial charge in [-0.1, -0.05) is 150 Å². The number of aliphatic hydroxyl groups excluding tert-OH is 2. The van der Waals surface area contributed by atoms with Gasteiger partial charge in [-0.15, -0.1) is 0 Å². The van der Waals surface area contributed by atoms with Crippen molar-refractivity contribution in [1.29, 1.82) is 0 Å². The van der Waals surface area contributed by atoms with Gasteiger partial charge in [0.25, 0.3) is 0 Å². The lowest BCUT2D eigenvalue weighted by Crippen LogP contribution is -2.45. The highest BCUT2D eigenvalue weighted by Crippen LogP contribution is 2.12. The summed E-state index contributed by atoms with van der Waals surface area (Å²) in [7, 11) is 0. The molecule has 0 fully saturated rings. The number of carbonyl (C=O) groups excluding carboxylic acids is 1. The predicted molar refractivity (Wildman–Crippen MR) is 197 cm³/mol. The Morgan fingerprint density at radius 2 is 0.933 bits per heavy atom. The third-order valence-corrected chi connectivity index (χ3v) is 7.60. The van der Waals surface area contributed by atoms with E-state index < -0.39 is 12.1 Å². The van der Waals surface area contributed by atoms with E-state index in [-0.39, 0.29) is 12.5 Å². The van der Waals surface area contributed by atoms with Crippen molar-refractivity contribution >= 4 is 5.91 Å². The molecule has 4 heteroatoms. The van der Waals surface area contributed by atoms with E-state index in [0.717, 1.165) is 77.0 Å². The summed E-state index contributed by atoms with van der Waals surface area (Å²) in [6.45, 7) is 4.03. The molecule has 0 bridgehead atoms. The molecule has 0 aliphatic rings. The van der Waals surface area contributed by atoms with Crippen LogP contribution in [-0.2, 0) is 4.79 Å². The summed E-state index contributed by atoms with van der Waals surface area (Å²) in [5.74, 6) is -0.0909. The second-order valence-corrected chi connectivity index (χ2v) is 11.9. The third-order valence-electron chi connectivity index (χ3n) is 7.60. The Labute approximate surface area is 278 Å². The lowest BCUT2D eigenvalue weighted by atomic mass is 10.0. The molecule has 1 amide bonds. The van der Waals surface area contributed by atoms with Crippen LogP contribution < -0.4 is 5.32 Å². The molecule has 256 valence electrons. The maximum absolute atomic E-state index is 12.3. The van der Waals surface area contributed by atoms with Crippen molar-refractivity contribution in [3.05, 3.63) is 85.1 Å². The van der Waals surface area contributed by atoms with Gasteiger partial charge in [-0.2, -0.15) is 0 Å². The van der Waals surface area contributed by atoms with Crippen molar-refractivity contribution in [2.45, 2.75) is 161 Å². The van der Waals surface area contributed by atoms with Crippen LogP contribution in [-0.4, -0.2) is 34.9 Å². The van der Waals surface area contributed by atoms with Gasteiger partial charge in [0, 0.05) is 6.42 Å². The fraction of sp³-hybridized carbons (Fsp3) is 0.634. The molecule has 0 aromatic rings. The highest BCUT2D eigenvalue weighted by molar-refractivity contribution is 5.76. The molecule has 0 aromatic heterocycles. The highest BCUT2D eigenvalue weighted by Gasteiger charge is 2.17. The lowest BCUT2D eigenvalue weighted by Gasteiger charge is -2.19. The number of hydrogen-bond donors (Lipinski definition) is 3. The van der Waals surface area contributed by atoms with Gasteiger partial charge in [0.05, 0.1) is 18.8 Å². The first-order chi connectivity index (χ1) is 22.2. The van der Waals surface area contributed by atoms with Gasteiger partial charge in [0.2, 0.25) is 5.91 Å². The van der Waals surface area contributed by atoms with Crippen molar-refractivity contribution in [2.75, 3.05) is 6.61 Å². The van der Waals surface area contributed by atoms with Crippen molar-refractivity contribution in [3.8, 4) is 0 Å². The van der Waals surface area contributed by atoms with Crippen LogP contribution in [0.1, 0.15) is 149 Å². The molecule has 4 nitrogen and oxygen atoms in total. The van der Waals surface area contributed by atoms with E-state index in [4.69, 9.17) is 0 Å². The first-order valence-electron chi connectivity index (χ1n) is 18.3. The fourth-order valence-electron chi connectivity index (χ4n) is 4.85. The number of amides is 1. The predicted octanol–water partition coefficient (Wildman–Crippen LogP) is 10.9. The van der Waals surface area contributed by atoms with Crippen LogP contribution in [0.15, 0.2) is 85.1 Å². The van der Waals surface area contributed by atoms with E-state index in [1.54, 1.807) is 6.08 Å². The number of aliphatic hydroxyl groups is 2. The van der Waals surface area contributed by atoms with E-state index >= 15 is 0 Å². The standard InChI is InChI=1S/C41H69NO3/c1-3-5-7-9-11-13-15-16-17-18-19-20-21-22-23-24-25-26-27-29-31-33-35-37-41(45)42-39(38-43)40(44)36-34-32-30-28-14-12-10-8-6-4-2/h5-8,11,13-14,16-17,19-20,28,34,36,39-40,43-44H,3-4,9-10,12,15,18,21-27,29-33,35,37-38H2,1-2H3,(H,42,45)/b7-5-,8-6+,13-11-,17-16-,20-19-,28-14+,36-34+. The number of rotatable bonds is 31. The van der Waals surface area contributed by atoms with E-state index in [1.807, 2.05) is 6.08 Å². The van der Waals surface area contributed by atoms with Gasteiger partial charge in [-0.25, -0.2) is 0 Å². The SMILES string of the molecule is CC/C=C\C/C=C\C/C=C\C/C=C\CCCCCCCCCCCCC(=O)NC(CO)C(O)/C=C/CC/C=C/CC/C=C/CC. The molecule has 2 unspecified atom stereocenters. The molecule has 0 rings (SSSR count). The van der Waals surface area contributed by atoms with Gasteiger partial charge in [-0.3, -0.25) is 4.79 Å². The monoisotopic (exact) mass is 624 g/mol. The number of unbranched alkanes of at least 4 members (excludes halogenated alkanes) is 12. The van der Waals surface area contributed by atoms with Crippen molar-refractivity contribution in [1.82, 2.24) is 5.32 Å². The van der Waals surface area contributed by atoms with E-state index in [1.165, 1.54) is 51.4 Å². The van der Waals surface area contributed by atoms with E-state index in [9.17, 15) is 15.0 Å². The highest BCUT2D eigenvalue weighted by atomic mass is 16.3. The average molecular weight is 624 g/mol. The second kappa shape index (κ2) is 36.0. The minimum atomic E-state index is -0.873. The first-order valence-corrected chi connectivity index (χ1v) is 18.3. The topological polar surface area (TPSA) is 69.6 Å². The molecule has 0 aliphatic heterocycles. The Morgan fingerprint density at radius 1 is 0.533 bits per heavy atom. The smallest absolute Gasteiger partial charge is 0.220 e. The van der Waals surface area contributed by atoms with Crippen LogP contribution in [0.2, 0.25) is 0 Å². The first kappa shape index (κ1) is 42.6. The molecule has 0 spiro atoms. The molecule has 0 saturated carbocycles. The van der Waals surface area contributed by atoms with Gasteiger partial charge in [0.1, 0.15) is 0 Å². The summed E-state index contributed by atoms with van der Waals surface area (Å²) in [6.07, 6.45) is 52.5. The maximum atomic E-state index is 12.3. The van der Waals surface area contributed by atoms with Gasteiger partial charge < -0.3 is 15.5 Å². The summed E-state index contributed by atoms with van der Waals surface area (Å²) in [6, 6.07) is -0.649. The largest absolute Gasteiger partial charge is 0.394 e. The summed E-state index contributed by atoms with van der Waals surface area (Å²) < 4.78 is 0. The van der Waals surface area contributed by atoms with Crippen LogP contribution in [0.5, 0.6) is 0 Å². The summed E-state index contributed by atoms with van der Waals surface area (Å²) in [5.41, 5.74) is 0. The molecule has 0 radical (unpaired) electrons. The maximum Gasteiger partial charge on any atom is 0.220 e. The number of allylic oxidation sites excluding steroid dienone is 13. The lowest BCUT2D eigenvalue weighted by molar-refractivity contribution is -0.123. The molecular weight excluding hydrogens is 554 g/mol. The summed E-state index contributed by atoms with van der Waals surface area (Å²) in [5, 5.41) is 22.8. The average Bonchev–Trinajstić information content (AvgIpc) is 3.04. The summed E-state index contributed by atoms with van der Waals surface area (Å²) in [4.78, 5) is 12.3. The minimum absolute atomic E-state index is 0.0909. The Hall–Kier alpha value is -2.43. The molecular formula is C41H69NO3. The molecule has 0 heterocycles. The Kier molecular flexibility index (Phi) is 34.1. The number of nitrogens with one attached hydrogen (secondary N) is 1.